The summed E-state index contributed by atoms with van der Waals surface area (Å²) in [7, 11) is 3.03. The fourth-order valence-corrected chi connectivity index (χ4v) is 1.23. The number of hydrogen-bond donors (Lipinski definition) is 2. The summed E-state index contributed by atoms with van der Waals surface area (Å²) in [5, 5.41) is 8.72. The summed E-state index contributed by atoms with van der Waals surface area (Å²) in [5.74, 6) is 1.08. The van der Waals surface area contributed by atoms with Crippen molar-refractivity contribution in [1.82, 2.24) is 5.48 Å². The fraction of sp³-hybridized carbons (Fsp3) is 0.300. The standard InChI is InChI=1S/C10H13NO4/c1-14-9-4-3-7(5-10(9)15-2)8(6-12)11-13/h3-6,8,11,13H,1-2H3. The van der Waals surface area contributed by atoms with E-state index in [9.17, 15) is 4.79 Å². The fourth-order valence-electron chi connectivity index (χ4n) is 1.23. The largest absolute Gasteiger partial charge is 0.493 e. The smallest absolute Gasteiger partial charge is 0.161 e. The molecule has 5 heteroatoms. The van der Waals surface area contributed by atoms with Crippen LogP contribution in [0.3, 0.4) is 0 Å². The second-order valence-electron chi connectivity index (χ2n) is 2.86. The number of methoxy groups -OCH3 is 2. The number of nitrogens with one attached hydrogen (secondary N) is 1. The van der Waals surface area contributed by atoms with Crippen LogP contribution in [0.1, 0.15) is 11.6 Å². The molecule has 0 radical (unpaired) electrons. The van der Waals surface area contributed by atoms with Gasteiger partial charge in [-0.2, -0.15) is 5.48 Å². The van der Waals surface area contributed by atoms with Crippen LogP contribution in [0.4, 0.5) is 0 Å². The number of aldehydes is 1. The van der Waals surface area contributed by atoms with E-state index in [2.05, 4.69) is 0 Å². The van der Waals surface area contributed by atoms with Crippen LogP contribution >= 0.6 is 0 Å². The van der Waals surface area contributed by atoms with Crippen LogP contribution in [0.15, 0.2) is 18.2 Å². The van der Waals surface area contributed by atoms with Crippen LogP contribution in [-0.2, 0) is 4.79 Å². The highest BCUT2D eigenvalue weighted by molar-refractivity contribution is 5.62. The van der Waals surface area contributed by atoms with E-state index in [0.29, 0.717) is 23.3 Å². The number of hydroxylamine groups is 1. The van der Waals surface area contributed by atoms with E-state index in [1.165, 1.54) is 14.2 Å². The summed E-state index contributed by atoms with van der Waals surface area (Å²) >= 11 is 0. The van der Waals surface area contributed by atoms with Crippen molar-refractivity contribution in [2.75, 3.05) is 14.2 Å². The maximum atomic E-state index is 10.6. The second kappa shape index (κ2) is 5.33. The van der Waals surface area contributed by atoms with Gasteiger partial charge in [0.1, 0.15) is 12.3 Å². The van der Waals surface area contributed by atoms with Crippen LogP contribution < -0.4 is 15.0 Å². The van der Waals surface area contributed by atoms with Gasteiger partial charge in [-0.3, -0.25) is 0 Å². The molecular formula is C10H13NO4. The van der Waals surface area contributed by atoms with E-state index in [0.717, 1.165) is 0 Å². The molecule has 2 N–H and O–H groups in total. The lowest BCUT2D eigenvalue weighted by Gasteiger charge is -2.12. The Labute approximate surface area is 87.6 Å². The van der Waals surface area contributed by atoms with Gasteiger partial charge in [0.15, 0.2) is 11.5 Å². The first-order valence-electron chi connectivity index (χ1n) is 4.33. The monoisotopic (exact) mass is 211 g/mol. The van der Waals surface area contributed by atoms with Gasteiger partial charge in [0.05, 0.1) is 14.2 Å². The summed E-state index contributed by atoms with van der Waals surface area (Å²) in [6.45, 7) is 0. The van der Waals surface area contributed by atoms with Gasteiger partial charge in [0.2, 0.25) is 0 Å². The molecule has 5 nitrogen and oxygen atoms in total. The van der Waals surface area contributed by atoms with Crippen molar-refractivity contribution in [2.24, 2.45) is 0 Å². The highest BCUT2D eigenvalue weighted by atomic mass is 16.5. The molecule has 0 bridgehead atoms. The molecule has 82 valence electrons. The molecule has 1 rings (SSSR count). The van der Waals surface area contributed by atoms with Gasteiger partial charge in [0, 0.05) is 0 Å². The zero-order valence-electron chi connectivity index (χ0n) is 8.56. The van der Waals surface area contributed by atoms with Gasteiger partial charge in [-0.25, -0.2) is 0 Å². The number of ether oxygens (including phenoxy) is 2. The lowest BCUT2D eigenvalue weighted by atomic mass is 10.1. The molecule has 1 atom stereocenters. The van der Waals surface area contributed by atoms with Crippen molar-refractivity contribution in [3.05, 3.63) is 23.8 Å². The van der Waals surface area contributed by atoms with Gasteiger partial charge in [0.25, 0.3) is 0 Å². The van der Waals surface area contributed by atoms with E-state index in [1.807, 2.05) is 5.48 Å². The molecule has 1 unspecified atom stereocenters. The first-order chi connectivity index (χ1) is 7.26. The number of carbonyl (C=O) groups is 1. The van der Waals surface area contributed by atoms with Crippen molar-refractivity contribution < 1.29 is 19.5 Å². The van der Waals surface area contributed by atoms with Gasteiger partial charge >= 0.3 is 0 Å². The van der Waals surface area contributed by atoms with Crippen LogP contribution in [-0.4, -0.2) is 25.7 Å². The Kier molecular flexibility index (Phi) is 4.08. The van der Waals surface area contributed by atoms with Crippen molar-refractivity contribution in [3.63, 3.8) is 0 Å². The predicted molar refractivity (Wildman–Crippen MR) is 53.3 cm³/mol. The minimum Gasteiger partial charge on any atom is -0.493 e. The third-order valence-electron chi connectivity index (χ3n) is 2.04. The summed E-state index contributed by atoms with van der Waals surface area (Å²) < 4.78 is 10.1. The summed E-state index contributed by atoms with van der Waals surface area (Å²) in [6, 6.07) is 4.21. The van der Waals surface area contributed by atoms with Crippen LogP contribution in [0.25, 0.3) is 0 Å². The summed E-state index contributed by atoms with van der Waals surface area (Å²) in [6.07, 6.45) is 0.598. The van der Waals surface area contributed by atoms with E-state index in [4.69, 9.17) is 14.7 Å². The predicted octanol–water partition coefficient (Wildman–Crippen LogP) is 0.923. The lowest BCUT2D eigenvalue weighted by Crippen LogP contribution is -2.18. The topological polar surface area (TPSA) is 67.8 Å². The molecular weight excluding hydrogens is 198 g/mol. The third-order valence-corrected chi connectivity index (χ3v) is 2.04. The van der Waals surface area contributed by atoms with E-state index in [1.54, 1.807) is 18.2 Å². The summed E-state index contributed by atoms with van der Waals surface area (Å²) in [4.78, 5) is 10.6. The second-order valence-corrected chi connectivity index (χ2v) is 2.86. The van der Waals surface area contributed by atoms with Gasteiger partial charge < -0.3 is 19.5 Å². The molecule has 0 aromatic heterocycles. The molecule has 0 fully saturated rings. The number of carbonyl (C=O) groups excluding carboxylic acids is 1. The molecule has 0 aliphatic carbocycles. The number of rotatable bonds is 5. The zero-order valence-corrected chi connectivity index (χ0v) is 8.56. The maximum Gasteiger partial charge on any atom is 0.161 e. The Hall–Kier alpha value is -1.59. The van der Waals surface area contributed by atoms with Crippen molar-refractivity contribution >= 4 is 6.29 Å². The molecule has 15 heavy (non-hydrogen) atoms. The third kappa shape index (κ3) is 2.45. The highest BCUT2D eigenvalue weighted by Crippen LogP contribution is 2.29. The van der Waals surface area contributed by atoms with Crippen LogP contribution in [0.5, 0.6) is 11.5 Å². The quantitative estimate of drug-likeness (QED) is 0.560. The minimum absolute atomic E-state index is 0.511. The SMILES string of the molecule is COc1ccc(C(C=O)NO)cc1OC. The van der Waals surface area contributed by atoms with E-state index in [-0.39, 0.29) is 0 Å². The van der Waals surface area contributed by atoms with E-state index >= 15 is 0 Å². The first kappa shape index (κ1) is 11.5. The average Bonchev–Trinajstić information content (AvgIpc) is 2.30. The molecule has 1 aromatic carbocycles. The molecule has 0 heterocycles. The molecule has 1 aromatic rings. The average molecular weight is 211 g/mol. The Morgan fingerprint density at radius 2 is 2.00 bits per heavy atom. The molecule has 0 saturated heterocycles. The van der Waals surface area contributed by atoms with Gasteiger partial charge in [-0.1, -0.05) is 6.07 Å². The molecule has 0 amide bonds. The Bertz CT molecular complexity index is 340. The molecule has 0 spiro atoms. The zero-order chi connectivity index (χ0) is 11.3. The molecule has 0 aliphatic heterocycles. The summed E-state index contributed by atoms with van der Waals surface area (Å²) in [5.41, 5.74) is 2.49. The van der Waals surface area contributed by atoms with Gasteiger partial charge in [-0.15, -0.1) is 0 Å². The number of benzene rings is 1. The van der Waals surface area contributed by atoms with E-state index < -0.39 is 6.04 Å². The Morgan fingerprint density at radius 3 is 2.47 bits per heavy atom. The van der Waals surface area contributed by atoms with Crippen molar-refractivity contribution in [1.29, 1.82) is 0 Å². The van der Waals surface area contributed by atoms with Crippen LogP contribution in [0, 0.1) is 0 Å². The van der Waals surface area contributed by atoms with Crippen LogP contribution in [0.2, 0.25) is 0 Å². The highest BCUT2D eigenvalue weighted by Gasteiger charge is 2.12. The molecule has 0 aliphatic rings. The number of hydrogen-bond acceptors (Lipinski definition) is 5. The van der Waals surface area contributed by atoms with Gasteiger partial charge in [-0.05, 0) is 17.7 Å². The van der Waals surface area contributed by atoms with Crippen molar-refractivity contribution in [3.8, 4) is 11.5 Å². The Balaban J connectivity index is 3.06. The first-order valence-corrected chi connectivity index (χ1v) is 4.33. The molecule has 0 saturated carbocycles. The normalized spacial score (nSPS) is 11.9. The Morgan fingerprint density at radius 1 is 1.33 bits per heavy atom. The van der Waals surface area contributed by atoms with Crippen molar-refractivity contribution in [2.45, 2.75) is 6.04 Å². The minimum atomic E-state index is -0.759. The lowest BCUT2D eigenvalue weighted by molar-refractivity contribution is -0.111. The maximum absolute atomic E-state index is 10.6.